The standard InChI is InChI=1S/C14H21N/c1-10-13-9-12(14(2,3)4)6-5-11(13)7-8-15-10/h5-6,9-10,15H,7-8H2,1-4H3. The second kappa shape index (κ2) is 3.64. The molecule has 1 unspecified atom stereocenters. The van der Waals surface area contributed by atoms with Gasteiger partial charge in [-0.2, -0.15) is 0 Å². The van der Waals surface area contributed by atoms with Crippen LogP contribution in [0.3, 0.4) is 0 Å². The van der Waals surface area contributed by atoms with E-state index in [9.17, 15) is 0 Å². The molecule has 82 valence electrons. The SMILES string of the molecule is CC1NCCc2ccc(C(C)(C)C)cc21. The van der Waals surface area contributed by atoms with E-state index in [0.29, 0.717) is 6.04 Å². The Bertz CT molecular complexity index is 360. The molecule has 1 N–H and O–H groups in total. The van der Waals surface area contributed by atoms with Gasteiger partial charge in [0.15, 0.2) is 0 Å². The number of nitrogens with one attached hydrogen (secondary N) is 1. The first-order valence-corrected chi connectivity index (χ1v) is 5.85. The Labute approximate surface area is 92.9 Å². The topological polar surface area (TPSA) is 12.0 Å². The molecule has 1 aromatic rings. The van der Waals surface area contributed by atoms with Gasteiger partial charge in [-0.1, -0.05) is 39.0 Å². The molecule has 0 saturated heterocycles. The summed E-state index contributed by atoms with van der Waals surface area (Å²) in [5.41, 5.74) is 4.71. The minimum atomic E-state index is 0.256. The zero-order valence-corrected chi connectivity index (χ0v) is 10.2. The van der Waals surface area contributed by atoms with Crippen LogP contribution in [0.2, 0.25) is 0 Å². The minimum absolute atomic E-state index is 0.256. The molecule has 1 aromatic carbocycles. The maximum absolute atomic E-state index is 3.52. The van der Waals surface area contributed by atoms with Crippen LogP contribution < -0.4 is 5.32 Å². The fourth-order valence-corrected chi connectivity index (χ4v) is 2.23. The van der Waals surface area contributed by atoms with Crippen molar-refractivity contribution >= 4 is 0 Å². The van der Waals surface area contributed by atoms with E-state index in [1.807, 2.05) is 0 Å². The van der Waals surface area contributed by atoms with E-state index >= 15 is 0 Å². The van der Waals surface area contributed by atoms with Gasteiger partial charge in [-0.15, -0.1) is 0 Å². The van der Waals surface area contributed by atoms with Gasteiger partial charge in [0, 0.05) is 6.04 Å². The summed E-state index contributed by atoms with van der Waals surface area (Å²) < 4.78 is 0. The molecule has 0 bridgehead atoms. The second-order valence-corrected chi connectivity index (χ2v) is 5.59. The van der Waals surface area contributed by atoms with Crippen molar-refractivity contribution in [2.24, 2.45) is 0 Å². The van der Waals surface area contributed by atoms with Gasteiger partial charge < -0.3 is 5.32 Å². The highest BCUT2D eigenvalue weighted by atomic mass is 14.9. The Hall–Kier alpha value is -0.820. The Morgan fingerprint density at radius 2 is 2.00 bits per heavy atom. The van der Waals surface area contributed by atoms with Crippen LogP contribution in [-0.4, -0.2) is 6.54 Å². The highest BCUT2D eigenvalue weighted by Gasteiger charge is 2.19. The lowest BCUT2D eigenvalue weighted by molar-refractivity contribution is 0.534. The Balaban J connectivity index is 2.44. The average molecular weight is 203 g/mol. The first-order chi connectivity index (χ1) is 6.98. The molecule has 1 nitrogen and oxygen atoms in total. The van der Waals surface area contributed by atoms with E-state index < -0.39 is 0 Å². The summed E-state index contributed by atoms with van der Waals surface area (Å²) in [6, 6.07) is 7.49. The molecule has 15 heavy (non-hydrogen) atoms. The molecule has 1 atom stereocenters. The molecule has 1 aliphatic rings. The fraction of sp³-hybridized carbons (Fsp3) is 0.571. The van der Waals surface area contributed by atoms with Crippen molar-refractivity contribution in [2.45, 2.75) is 45.6 Å². The molecular formula is C14H21N. The lowest BCUT2D eigenvalue weighted by atomic mass is 9.83. The third kappa shape index (κ3) is 2.07. The van der Waals surface area contributed by atoms with E-state index in [-0.39, 0.29) is 5.41 Å². The van der Waals surface area contributed by atoms with Crippen molar-refractivity contribution in [1.82, 2.24) is 5.32 Å². The predicted octanol–water partition coefficient (Wildman–Crippen LogP) is 3.19. The Morgan fingerprint density at radius 1 is 1.27 bits per heavy atom. The lowest BCUT2D eigenvalue weighted by Crippen LogP contribution is -2.28. The summed E-state index contributed by atoms with van der Waals surface area (Å²) in [4.78, 5) is 0. The molecule has 0 amide bonds. The van der Waals surface area contributed by atoms with Crippen LogP contribution in [0.25, 0.3) is 0 Å². The molecule has 1 aliphatic heterocycles. The largest absolute Gasteiger partial charge is 0.310 e. The summed E-state index contributed by atoms with van der Waals surface area (Å²) in [5, 5.41) is 3.52. The van der Waals surface area contributed by atoms with Crippen LogP contribution in [0.1, 0.15) is 50.4 Å². The normalized spacial score (nSPS) is 21.2. The number of hydrogen-bond acceptors (Lipinski definition) is 1. The Morgan fingerprint density at radius 3 is 2.67 bits per heavy atom. The van der Waals surface area contributed by atoms with Crippen LogP contribution in [0.4, 0.5) is 0 Å². The van der Waals surface area contributed by atoms with Gasteiger partial charge in [-0.05, 0) is 42.0 Å². The third-order valence-electron chi connectivity index (χ3n) is 3.32. The lowest BCUT2D eigenvalue weighted by Gasteiger charge is -2.27. The van der Waals surface area contributed by atoms with Crippen LogP contribution in [0, 0.1) is 0 Å². The number of fused-ring (bicyclic) bond motifs is 1. The van der Waals surface area contributed by atoms with E-state index in [4.69, 9.17) is 0 Å². The summed E-state index contributed by atoms with van der Waals surface area (Å²) in [6.45, 7) is 10.2. The summed E-state index contributed by atoms with van der Waals surface area (Å²) in [5.74, 6) is 0. The van der Waals surface area contributed by atoms with E-state index in [0.717, 1.165) is 6.54 Å². The second-order valence-electron chi connectivity index (χ2n) is 5.59. The molecule has 0 aliphatic carbocycles. The quantitative estimate of drug-likeness (QED) is 0.683. The van der Waals surface area contributed by atoms with Crippen molar-refractivity contribution in [3.05, 3.63) is 34.9 Å². The summed E-state index contributed by atoms with van der Waals surface area (Å²) in [7, 11) is 0. The number of rotatable bonds is 0. The third-order valence-corrected chi connectivity index (χ3v) is 3.32. The summed E-state index contributed by atoms with van der Waals surface area (Å²) in [6.07, 6.45) is 1.17. The molecule has 1 heterocycles. The average Bonchev–Trinajstić information content (AvgIpc) is 2.16. The molecule has 0 saturated carbocycles. The summed E-state index contributed by atoms with van der Waals surface area (Å²) >= 11 is 0. The van der Waals surface area contributed by atoms with E-state index in [1.165, 1.54) is 23.1 Å². The van der Waals surface area contributed by atoms with Crippen molar-refractivity contribution < 1.29 is 0 Å². The number of hydrogen-bond donors (Lipinski definition) is 1. The molecule has 0 spiro atoms. The fourth-order valence-electron chi connectivity index (χ4n) is 2.23. The van der Waals surface area contributed by atoms with Gasteiger partial charge in [-0.3, -0.25) is 0 Å². The van der Waals surface area contributed by atoms with Crippen molar-refractivity contribution in [1.29, 1.82) is 0 Å². The van der Waals surface area contributed by atoms with E-state index in [2.05, 4.69) is 51.2 Å². The van der Waals surface area contributed by atoms with Crippen LogP contribution in [0.5, 0.6) is 0 Å². The molecule has 0 radical (unpaired) electrons. The van der Waals surface area contributed by atoms with Gasteiger partial charge in [-0.25, -0.2) is 0 Å². The van der Waals surface area contributed by atoms with Gasteiger partial charge in [0.2, 0.25) is 0 Å². The van der Waals surface area contributed by atoms with Crippen LogP contribution in [0.15, 0.2) is 18.2 Å². The predicted molar refractivity (Wildman–Crippen MR) is 65.3 cm³/mol. The maximum Gasteiger partial charge on any atom is 0.0294 e. The monoisotopic (exact) mass is 203 g/mol. The smallest absolute Gasteiger partial charge is 0.0294 e. The van der Waals surface area contributed by atoms with Crippen molar-refractivity contribution in [3.63, 3.8) is 0 Å². The van der Waals surface area contributed by atoms with Gasteiger partial charge >= 0.3 is 0 Å². The molecule has 1 heteroatoms. The first kappa shape index (κ1) is 10.7. The first-order valence-electron chi connectivity index (χ1n) is 5.85. The molecule has 0 fully saturated rings. The minimum Gasteiger partial charge on any atom is -0.310 e. The zero-order chi connectivity index (χ0) is 11.1. The van der Waals surface area contributed by atoms with Crippen LogP contribution in [-0.2, 0) is 11.8 Å². The molecular weight excluding hydrogens is 182 g/mol. The Kier molecular flexibility index (Phi) is 2.59. The maximum atomic E-state index is 3.52. The zero-order valence-electron chi connectivity index (χ0n) is 10.2. The highest BCUT2D eigenvalue weighted by molar-refractivity contribution is 5.38. The highest BCUT2D eigenvalue weighted by Crippen LogP contribution is 2.29. The molecule has 0 aromatic heterocycles. The van der Waals surface area contributed by atoms with E-state index in [1.54, 1.807) is 0 Å². The van der Waals surface area contributed by atoms with Crippen LogP contribution >= 0.6 is 0 Å². The van der Waals surface area contributed by atoms with Crippen molar-refractivity contribution in [3.8, 4) is 0 Å². The number of benzene rings is 1. The van der Waals surface area contributed by atoms with Gasteiger partial charge in [0.1, 0.15) is 0 Å². The van der Waals surface area contributed by atoms with Crippen molar-refractivity contribution in [2.75, 3.05) is 6.54 Å². The van der Waals surface area contributed by atoms with Gasteiger partial charge in [0.25, 0.3) is 0 Å². The van der Waals surface area contributed by atoms with Gasteiger partial charge in [0.05, 0.1) is 0 Å². The molecule has 2 rings (SSSR count).